The van der Waals surface area contributed by atoms with Gasteiger partial charge in [0, 0.05) is 4.90 Å². The van der Waals surface area contributed by atoms with E-state index in [0.29, 0.717) is 5.92 Å². The minimum absolute atomic E-state index is 0.0150. The molecule has 2 atom stereocenters. The summed E-state index contributed by atoms with van der Waals surface area (Å²) in [5.74, 6) is 0.320. The Balaban J connectivity index is 1.89. The number of rotatable bonds is 10. The number of anilines is 1. The molecule has 0 fully saturated rings. The molecule has 0 saturated carbocycles. The summed E-state index contributed by atoms with van der Waals surface area (Å²) in [6, 6.07) is 17.7. The van der Waals surface area contributed by atoms with Crippen molar-refractivity contribution in [1.29, 1.82) is 0 Å². The lowest BCUT2D eigenvalue weighted by Gasteiger charge is -2.22. The molecular formula is C23H32N3O2S+. The van der Waals surface area contributed by atoms with Gasteiger partial charge in [-0.2, -0.15) is 0 Å². The molecule has 0 aliphatic heterocycles. The minimum Gasteiger partial charge on any atom is -0.344 e. The highest BCUT2D eigenvalue weighted by atomic mass is 32.2. The molecule has 6 heteroatoms. The van der Waals surface area contributed by atoms with Gasteiger partial charge in [-0.3, -0.25) is 9.59 Å². The fourth-order valence-corrected chi connectivity index (χ4v) is 3.79. The molecule has 0 aliphatic carbocycles. The van der Waals surface area contributed by atoms with Gasteiger partial charge in [0.15, 0.2) is 13.1 Å². The first-order valence-electron chi connectivity index (χ1n) is 9.97. The van der Waals surface area contributed by atoms with Crippen LogP contribution in [0.3, 0.4) is 0 Å². The van der Waals surface area contributed by atoms with E-state index in [0.717, 1.165) is 27.5 Å². The van der Waals surface area contributed by atoms with Crippen LogP contribution in [-0.4, -0.2) is 38.2 Å². The molecule has 29 heavy (non-hydrogen) atoms. The molecule has 0 radical (unpaired) electrons. The molecule has 0 aliphatic rings. The lowest BCUT2D eigenvalue weighted by Crippen LogP contribution is -3.11. The number of amides is 2. The predicted molar refractivity (Wildman–Crippen MR) is 120 cm³/mol. The van der Waals surface area contributed by atoms with Crippen molar-refractivity contribution in [2.45, 2.75) is 31.2 Å². The number of hydrogen-bond donors (Lipinski definition) is 3. The third-order valence-corrected chi connectivity index (χ3v) is 5.35. The highest BCUT2D eigenvalue weighted by molar-refractivity contribution is 7.98. The van der Waals surface area contributed by atoms with Crippen molar-refractivity contribution >= 4 is 29.3 Å². The lowest BCUT2D eigenvalue weighted by atomic mass is 9.97. The zero-order chi connectivity index (χ0) is 21.2. The largest absolute Gasteiger partial charge is 0.344 e. The van der Waals surface area contributed by atoms with E-state index in [4.69, 9.17) is 0 Å². The number of benzene rings is 2. The molecule has 2 rings (SSSR count). The summed E-state index contributed by atoms with van der Waals surface area (Å²) in [5, 5.41) is 6.09. The van der Waals surface area contributed by atoms with Crippen molar-refractivity contribution in [1.82, 2.24) is 5.32 Å². The summed E-state index contributed by atoms with van der Waals surface area (Å²) in [7, 11) is 1.86. The third kappa shape index (κ3) is 7.91. The normalized spacial score (nSPS) is 13.0. The fraction of sp³-hybridized carbons (Fsp3) is 0.391. The van der Waals surface area contributed by atoms with E-state index >= 15 is 0 Å². The Kier molecular flexibility index (Phi) is 9.22. The van der Waals surface area contributed by atoms with Crippen LogP contribution in [0.1, 0.15) is 31.9 Å². The SMILES string of the molecule is CSc1ccccc1NC(=O)C[NH+](C)CC(=O)N[C@@H](CC(C)C)c1ccccc1. The van der Waals surface area contributed by atoms with Gasteiger partial charge in [0.2, 0.25) is 0 Å². The Morgan fingerprint density at radius 1 is 0.966 bits per heavy atom. The quantitative estimate of drug-likeness (QED) is 0.524. The maximum absolute atomic E-state index is 12.6. The third-order valence-electron chi connectivity index (χ3n) is 4.55. The van der Waals surface area contributed by atoms with Gasteiger partial charge in [-0.1, -0.05) is 56.3 Å². The van der Waals surface area contributed by atoms with Crippen LogP contribution in [0.4, 0.5) is 5.69 Å². The zero-order valence-electron chi connectivity index (χ0n) is 17.7. The van der Waals surface area contributed by atoms with Gasteiger partial charge < -0.3 is 15.5 Å². The summed E-state index contributed by atoms with van der Waals surface area (Å²) in [6.07, 6.45) is 2.85. The molecule has 2 aromatic carbocycles. The van der Waals surface area contributed by atoms with E-state index < -0.39 is 0 Å². The number of likely N-dealkylation sites (N-methyl/N-ethyl adjacent to an activating group) is 1. The molecule has 0 aromatic heterocycles. The van der Waals surface area contributed by atoms with Crippen molar-refractivity contribution in [2.75, 3.05) is 31.7 Å². The molecular weight excluding hydrogens is 382 g/mol. The second-order valence-corrected chi connectivity index (χ2v) is 8.57. The zero-order valence-corrected chi connectivity index (χ0v) is 18.5. The smallest absolute Gasteiger partial charge is 0.279 e. The van der Waals surface area contributed by atoms with Crippen molar-refractivity contribution in [2.24, 2.45) is 5.92 Å². The van der Waals surface area contributed by atoms with Crippen LogP contribution < -0.4 is 15.5 Å². The van der Waals surface area contributed by atoms with Crippen molar-refractivity contribution in [3.8, 4) is 0 Å². The average Bonchev–Trinajstić information content (AvgIpc) is 2.68. The number of carbonyl (C=O) groups is 2. The maximum atomic E-state index is 12.6. The Bertz CT molecular complexity index is 796. The molecule has 1 unspecified atom stereocenters. The predicted octanol–water partition coefficient (Wildman–Crippen LogP) is 2.77. The van der Waals surface area contributed by atoms with Crippen molar-refractivity contribution in [3.63, 3.8) is 0 Å². The molecule has 0 saturated heterocycles. The Morgan fingerprint density at radius 2 is 1.59 bits per heavy atom. The summed E-state index contributed by atoms with van der Waals surface area (Å²) in [4.78, 5) is 26.8. The van der Waals surface area contributed by atoms with Gasteiger partial charge in [0.05, 0.1) is 18.8 Å². The van der Waals surface area contributed by atoms with Crippen LogP contribution in [0.15, 0.2) is 59.5 Å². The van der Waals surface area contributed by atoms with E-state index in [9.17, 15) is 9.59 Å². The van der Waals surface area contributed by atoms with E-state index in [2.05, 4.69) is 24.5 Å². The number of nitrogens with one attached hydrogen (secondary N) is 3. The molecule has 0 spiro atoms. The van der Waals surface area contributed by atoms with Crippen LogP contribution in [0.25, 0.3) is 0 Å². The standard InChI is InChI=1S/C23H31N3O2S/c1-17(2)14-20(18-10-6-5-7-11-18)25-23(28)16-26(3)15-22(27)24-19-12-8-9-13-21(19)29-4/h5-13,17,20H,14-16H2,1-4H3,(H,24,27)(H,25,28)/p+1/t20-/m0/s1. The topological polar surface area (TPSA) is 62.6 Å². The molecule has 2 amide bonds. The number of carbonyl (C=O) groups excluding carboxylic acids is 2. The first kappa shape index (κ1) is 23.0. The van der Waals surface area contributed by atoms with E-state index in [1.165, 1.54) is 0 Å². The summed E-state index contributed by atoms with van der Waals surface area (Å²) < 4.78 is 0. The lowest BCUT2D eigenvalue weighted by molar-refractivity contribution is -0.862. The molecule has 156 valence electrons. The van der Waals surface area contributed by atoms with Crippen LogP contribution in [0.2, 0.25) is 0 Å². The van der Waals surface area contributed by atoms with Crippen molar-refractivity contribution in [3.05, 3.63) is 60.2 Å². The van der Waals surface area contributed by atoms with E-state index in [1.54, 1.807) is 11.8 Å². The summed E-state index contributed by atoms with van der Waals surface area (Å²) in [5.41, 5.74) is 1.92. The van der Waals surface area contributed by atoms with Crippen LogP contribution in [-0.2, 0) is 9.59 Å². The Labute approximate surface area is 178 Å². The Hall–Kier alpha value is -2.31. The number of thioether (sulfide) groups is 1. The fourth-order valence-electron chi connectivity index (χ4n) is 3.23. The second-order valence-electron chi connectivity index (χ2n) is 7.72. The minimum atomic E-state index is -0.0985. The summed E-state index contributed by atoms with van der Waals surface area (Å²) >= 11 is 1.59. The van der Waals surface area contributed by atoms with Gasteiger partial charge in [-0.25, -0.2) is 0 Å². The highest BCUT2D eigenvalue weighted by Gasteiger charge is 2.20. The highest BCUT2D eigenvalue weighted by Crippen LogP contribution is 2.24. The van der Waals surface area contributed by atoms with Gasteiger partial charge >= 0.3 is 0 Å². The first-order valence-corrected chi connectivity index (χ1v) is 11.2. The first-order chi connectivity index (χ1) is 13.9. The maximum Gasteiger partial charge on any atom is 0.279 e. The van der Waals surface area contributed by atoms with Crippen LogP contribution >= 0.6 is 11.8 Å². The van der Waals surface area contributed by atoms with E-state index in [-0.39, 0.29) is 30.9 Å². The Morgan fingerprint density at radius 3 is 2.24 bits per heavy atom. The van der Waals surface area contributed by atoms with Gasteiger partial charge in [-0.05, 0) is 36.3 Å². The van der Waals surface area contributed by atoms with Crippen LogP contribution in [0, 0.1) is 5.92 Å². The molecule has 5 nitrogen and oxygen atoms in total. The second kappa shape index (κ2) is 11.6. The average molecular weight is 415 g/mol. The number of quaternary nitrogens is 1. The van der Waals surface area contributed by atoms with Gasteiger partial charge in [-0.15, -0.1) is 11.8 Å². The van der Waals surface area contributed by atoms with Crippen molar-refractivity contribution < 1.29 is 14.5 Å². The molecule has 0 bridgehead atoms. The molecule has 3 N–H and O–H groups in total. The van der Waals surface area contributed by atoms with Crippen LogP contribution in [0.5, 0.6) is 0 Å². The van der Waals surface area contributed by atoms with Gasteiger partial charge in [0.25, 0.3) is 11.8 Å². The molecule has 2 aromatic rings. The van der Waals surface area contributed by atoms with Gasteiger partial charge in [0.1, 0.15) is 0 Å². The van der Waals surface area contributed by atoms with E-state index in [1.807, 2.05) is 67.9 Å². The monoisotopic (exact) mass is 414 g/mol. The summed E-state index contributed by atoms with van der Waals surface area (Å²) in [6.45, 7) is 4.78. The number of hydrogen-bond acceptors (Lipinski definition) is 3. The molecule has 0 heterocycles. The number of para-hydroxylation sites is 1.